The predicted molar refractivity (Wildman–Crippen MR) is 153 cm³/mol. The fraction of sp³-hybridized carbons (Fsp3) is 0.300. The minimum absolute atomic E-state index is 0.00316. The van der Waals surface area contributed by atoms with E-state index in [1.165, 1.54) is 34.0 Å². The molecule has 0 radical (unpaired) electrons. The Morgan fingerprint density at radius 2 is 1.71 bits per heavy atom. The summed E-state index contributed by atoms with van der Waals surface area (Å²) in [4.78, 5) is 30.6. The Morgan fingerprint density at radius 1 is 1.00 bits per heavy atom. The number of anilines is 1. The summed E-state index contributed by atoms with van der Waals surface area (Å²) in [7, 11) is 0. The van der Waals surface area contributed by atoms with Crippen LogP contribution >= 0.6 is 11.6 Å². The Bertz CT molecular complexity index is 1570. The van der Waals surface area contributed by atoms with Crippen LogP contribution in [0.1, 0.15) is 37.3 Å². The van der Waals surface area contributed by atoms with Gasteiger partial charge in [-0.2, -0.15) is 4.80 Å². The average molecular weight is 591 g/mol. The quantitative estimate of drug-likeness (QED) is 0.316. The van der Waals surface area contributed by atoms with Crippen molar-refractivity contribution in [3.8, 4) is 22.9 Å². The van der Waals surface area contributed by atoms with Crippen molar-refractivity contribution < 1.29 is 23.5 Å². The number of carbonyl (C=O) groups is 2. The molecule has 216 valence electrons. The van der Waals surface area contributed by atoms with E-state index in [1.807, 2.05) is 0 Å². The van der Waals surface area contributed by atoms with Crippen molar-refractivity contribution in [2.24, 2.45) is 0 Å². The number of carbonyl (C=O) groups excluding carboxylic acids is 2. The molecule has 42 heavy (non-hydrogen) atoms. The van der Waals surface area contributed by atoms with Crippen molar-refractivity contribution in [3.05, 3.63) is 83.1 Å². The molecule has 1 N–H and O–H groups in total. The fourth-order valence-electron chi connectivity index (χ4n) is 5.25. The summed E-state index contributed by atoms with van der Waals surface area (Å²) in [5, 5.41) is 16.2. The van der Waals surface area contributed by atoms with Gasteiger partial charge in [-0.05, 0) is 72.1 Å². The molecule has 10 nitrogen and oxygen atoms in total. The molecule has 2 amide bonds. The van der Waals surface area contributed by atoms with Crippen LogP contribution in [0.3, 0.4) is 0 Å². The summed E-state index contributed by atoms with van der Waals surface area (Å²) in [6.45, 7) is 0.443. The highest BCUT2D eigenvalue weighted by Gasteiger charge is 2.35. The topological polar surface area (TPSA) is 111 Å². The molecule has 2 heterocycles. The second-order valence-electron chi connectivity index (χ2n) is 10.2. The van der Waals surface area contributed by atoms with Crippen LogP contribution in [0.15, 0.2) is 66.7 Å². The Labute approximate surface area is 246 Å². The number of nitrogens with one attached hydrogen (secondary N) is 1. The Balaban J connectivity index is 1.38. The molecule has 2 aliphatic rings. The third-order valence-electron chi connectivity index (χ3n) is 7.30. The van der Waals surface area contributed by atoms with Gasteiger partial charge in [-0.15, -0.1) is 10.2 Å². The molecule has 4 aromatic rings. The molecular weight excluding hydrogens is 563 g/mol. The smallest absolute Gasteiger partial charge is 0.251 e. The molecule has 1 saturated carbocycles. The minimum Gasteiger partial charge on any atom is -0.486 e. The van der Waals surface area contributed by atoms with Gasteiger partial charge in [0.15, 0.2) is 11.5 Å². The molecule has 1 aliphatic carbocycles. The number of ether oxygens (including phenoxy) is 2. The monoisotopic (exact) mass is 590 g/mol. The van der Waals surface area contributed by atoms with Gasteiger partial charge >= 0.3 is 0 Å². The Kier molecular flexibility index (Phi) is 8.00. The standard InChI is InChI=1S/C30H28ClFN6O4/c31-21-9-5-20(6-10-21)29-34-36-37(35-29)18-27(39)38(24-13-14-25-26(17-24)42-16-15-41-25)28(19-7-11-22(32)12-8-19)30(40)33-23-3-1-2-4-23/h5-14,17,23,28H,1-4,15-16,18H2,(H,33,40)/t28-/m0/s1. The molecule has 12 heteroatoms. The van der Waals surface area contributed by atoms with Crippen LogP contribution in [-0.4, -0.2) is 51.3 Å². The largest absolute Gasteiger partial charge is 0.486 e. The zero-order valence-electron chi connectivity index (χ0n) is 22.6. The third-order valence-corrected chi connectivity index (χ3v) is 7.55. The Hall–Kier alpha value is -4.51. The van der Waals surface area contributed by atoms with Crippen molar-refractivity contribution in [1.29, 1.82) is 0 Å². The molecule has 0 bridgehead atoms. The molecule has 6 rings (SSSR count). The van der Waals surface area contributed by atoms with Crippen molar-refractivity contribution in [1.82, 2.24) is 25.5 Å². The number of amides is 2. The summed E-state index contributed by atoms with van der Waals surface area (Å²) in [5.41, 5.74) is 1.53. The van der Waals surface area contributed by atoms with Crippen LogP contribution in [0.4, 0.5) is 10.1 Å². The van der Waals surface area contributed by atoms with Crippen molar-refractivity contribution in [3.63, 3.8) is 0 Å². The lowest BCUT2D eigenvalue weighted by molar-refractivity contribution is -0.127. The maximum Gasteiger partial charge on any atom is 0.251 e. The van der Waals surface area contributed by atoms with E-state index >= 15 is 0 Å². The van der Waals surface area contributed by atoms with Crippen molar-refractivity contribution in [2.45, 2.75) is 44.3 Å². The van der Waals surface area contributed by atoms with E-state index in [-0.39, 0.29) is 18.5 Å². The first kappa shape index (κ1) is 27.6. The molecule has 0 unspecified atom stereocenters. The van der Waals surface area contributed by atoms with Crippen LogP contribution < -0.4 is 19.7 Å². The minimum atomic E-state index is -1.11. The summed E-state index contributed by atoms with van der Waals surface area (Å²) in [6, 6.07) is 16.4. The maximum absolute atomic E-state index is 14.1. The lowest BCUT2D eigenvalue weighted by atomic mass is 10.0. The van der Waals surface area contributed by atoms with Crippen LogP contribution in [0.25, 0.3) is 11.4 Å². The maximum atomic E-state index is 14.1. The molecule has 3 aromatic carbocycles. The van der Waals surface area contributed by atoms with E-state index in [2.05, 4.69) is 20.7 Å². The molecular formula is C30H28ClFN6O4. The van der Waals surface area contributed by atoms with Crippen molar-refractivity contribution in [2.75, 3.05) is 18.1 Å². The van der Waals surface area contributed by atoms with E-state index in [0.29, 0.717) is 52.4 Å². The SMILES string of the molecule is O=C(NC1CCCC1)[C@H](c1ccc(F)cc1)N(C(=O)Cn1nnc(-c2ccc(Cl)cc2)n1)c1ccc2c(c1)OCCO2. The van der Waals surface area contributed by atoms with Gasteiger partial charge in [0, 0.05) is 28.4 Å². The molecule has 1 fully saturated rings. The molecule has 0 spiro atoms. The van der Waals surface area contributed by atoms with E-state index in [0.717, 1.165) is 25.7 Å². The number of hydrogen-bond donors (Lipinski definition) is 1. The van der Waals surface area contributed by atoms with Gasteiger partial charge in [-0.3, -0.25) is 14.5 Å². The van der Waals surface area contributed by atoms with Crippen LogP contribution in [0.2, 0.25) is 5.02 Å². The molecule has 1 atom stereocenters. The average Bonchev–Trinajstić information content (AvgIpc) is 3.69. The van der Waals surface area contributed by atoms with Gasteiger partial charge < -0.3 is 14.8 Å². The second-order valence-corrected chi connectivity index (χ2v) is 10.6. The van der Waals surface area contributed by atoms with E-state index in [1.54, 1.807) is 42.5 Å². The number of fused-ring (bicyclic) bond motifs is 1. The zero-order chi connectivity index (χ0) is 29.1. The third kappa shape index (κ3) is 6.06. The van der Waals surface area contributed by atoms with Gasteiger partial charge in [0.05, 0.1) is 0 Å². The number of nitrogens with zero attached hydrogens (tertiary/aromatic N) is 5. The summed E-state index contributed by atoms with van der Waals surface area (Å²) in [5.74, 6) is 0.00541. The summed E-state index contributed by atoms with van der Waals surface area (Å²) < 4.78 is 25.4. The van der Waals surface area contributed by atoms with Crippen LogP contribution in [0.5, 0.6) is 11.5 Å². The van der Waals surface area contributed by atoms with E-state index < -0.39 is 17.8 Å². The van der Waals surface area contributed by atoms with Gasteiger partial charge in [0.2, 0.25) is 11.7 Å². The van der Waals surface area contributed by atoms with Crippen molar-refractivity contribution >= 4 is 29.1 Å². The number of aromatic nitrogens is 4. The summed E-state index contributed by atoms with van der Waals surface area (Å²) >= 11 is 6.00. The number of hydrogen-bond acceptors (Lipinski definition) is 7. The number of rotatable bonds is 8. The highest BCUT2D eigenvalue weighted by molar-refractivity contribution is 6.30. The Morgan fingerprint density at radius 3 is 2.45 bits per heavy atom. The van der Waals surface area contributed by atoms with E-state index in [9.17, 15) is 14.0 Å². The van der Waals surface area contributed by atoms with Gasteiger partial charge in [-0.25, -0.2) is 4.39 Å². The lowest BCUT2D eigenvalue weighted by Crippen LogP contribution is -2.47. The first-order valence-electron chi connectivity index (χ1n) is 13.8. The lowest BCUT2D eigenvalue weighted by Gasteiger charge is -2.33. The first-order valence-corrected chi connectivity index (χ1v) is 14.1. The van der Waals surface area contributed by atoms with Crippen LogP contribution in [0, 0.1) is 5.82 Å². The summed E-state index contributed by atoms with van der Waals surface area (Å²) in [6.07, 6.45) is 3.75. The van der Waals surface area contributed by atoms with Gasteiger partial charge in [0.25, 0.3) is 5.91 Å². The second kappa shape index (κ2) is 12.2. The van der Waals surface area contributed by atoms with Gasteiger partial charge in [0.1, 0.15) is 31.6 Å². The predicted octanol–water partition coefficient (Wildman–Crippen LogP) is 4.74. The normalized spacial score (nSPS) is 15.3. The highest BCUT2D eigenvalue weighted by atomic mass is 35.5. The molecule has 1 aliphatic heterocycles. The number of tetrazole rings is 1. The molecule has 1 aromatic heterocycles. The number of benzene rings is 3. The first-order chi connectivity index (χ1) is 20.4. The number of halogens is 2. The highest BCUT2D eigenvalue weighted by Crippen LogP contribution is 2.37. The van der Waals surface area contributed by atoms with E-state index in [4.69, 9.17) is 21.1 Å². The fourth-order valence-corrected chi connectivity index (χ4v) is 5.38. The zero-order valence-corrected chi connectivity index (χ0v) is 23.3. The molecule has 0 saturated heterocycles. The van der Waals surface area contributed by atoms with Crippen LogP contribution in [-0.2, 0) is 16.1 Å². The van der Waals surface area contributed by atoms with Gasteiger partial charge in [-0.1, -0.05) is 36.6 Å².